The summed E-state index contributed by atoms with van der Waals surface area (Å²) >= 11 is 0. The molecule has 0 aromatic carbocycles. The molecule has 1 nitrogen and oxygen atoms in total. The van der Waals surface area contributed by atoms with E-state index in [-0.39, 0.29) is 5.41 Å². The third-order valence-electron chi connectivity index (χ3n) is 5.59. The molecule has 0 amide bonds. The normalized spacial score (nSPS) is 41.7. The molecule has 0 heterocycles. The minimum atomic E-state index is -2.12. The Kier molecular flexibility index (Phi) is 2.49. The van der Waals surface area contributed by atoms with Crippen molar-refractivity contribution in [1.29, 1.82) is 0 Å². The van der Waals surface area contributed by atoms with E-state index in [1.807, 2.05) is 0 Å². The molecule has 0 spiro atoms. The number of rotatable bonds is 3. The van der Waals surface area contributed by atoms with Gasteiger partial charge in [0.25, 0.3) is 0 Å². The lowest BCUT2D eigenvalue weighted by Gasteiger charge is -2.72. The molecule has 0 unspecified atom stereocenters. The zero-order valence-corrected chi connectivity index (χ0v) is 11.4. The van der Waals surface area contributed by atoms with Gasteiger partial charge >= 0.3 is 0 Å². The van der Waals surface area contributed by atoms with E-state index < -0.39 is 11.8 Å². The molecule has 102 valence electrons. The number of hydrogen-bond donors (Lipinski definition) is 1. The van der Waals surface area contributed by atoms with Crippen LogP contribution < -0.4 is 5.73 Å². The Morgan fingerprint density at radius 1 is 1.22 bits per heavy atom. The van der Waals surface area contributed by atoms with Gasteiger partial charge in [-0.15, -0.1) is 0 Å². The van der Waals surface area contributed by atoms with E-state index in [1.165, 1.54) is 17.6 Å². The molecule has 4 rings (SSSR count). The van der Waals surface area contributed by atoms with E-state index in [0.717, 1.165) is 32.1 Å². The number of alkyl halides is 2. The summed E-state index contributed by atoms with van der Waals surface area (Å²) in [5.41, 5.74) is 8.59. The molecule has 3 heteroatoms. The third-order valence-corrected chi connectivity index (χ3v) is 5.59. The highest BCUT2D eigenvalue weighted by atomic mass is 19.3. The van der Waals surface area contributed by atoms with Crippen molar-refractivity contribution in [3.63, 3.8) is 0 Å². The van der Waals surface area contributed by atoms with E-state index in [0.29, 0.717) is 12.0 Å². The fourth-order valence-corrected chi connectivity index (χ4v) is 4.67. The molecule has 3 saturated carbocycles. The first kappa shape index (κ1) is 12.6. The summed E-state index contributed by atoms with van der Waals surface area (Å²) in [6, 6.07) is 0. The molecule has 0 aromatic heterocycles. The van der Waals surface area contributed by atoms with Gasteiger partial charge in [-0.2, -0.15) is 0 Å². The van der Waals surface area contributed by atoms with Crippen molar-refractivity contribution in [2.24, 2.45) is 22.0 Å². The number of halogens is 2. The van der Waals surface area contributed by atoms with Crippen LogP contribution in [-0.2, 0) is 0 Å². The predicted molar refractivity (Wildman–Crippen MR) is 68.4 cm³/mol. The highest BCUT2D eigenvalue weighted by Gasteiger charge is 2.73. The summed E-state index contributed by atoms with van der Waals surface area (Å²) in [4.78, 5) is 0. The van der Waals surface area contributed by atoms with Crippen LogP contribution in [0.25, 0.3) is 0 Å². The molecule has 0 aromatic rings. The Morgan fingerprint density at radius 2 is 1.83 bits per heavy atom. The van der Waals surface area contributed by atoms with Crippen molar-refractivity contribution in [3.8, 4) is 0 Å². The van der Waals surface area contributed by atoms with Gasteiger partial charge in [-0.25, -0.2) is 8.78 Å². The molecule has 4 aliphatic carbocycles. The first-order valence-corrected chi connectivity index (χ1v) is 7.02. The Hall–Kier alpha value is -0.440. The zero-order chi connectivity index (χ0) is 13.2. The van der Waals surface area contributed by atoms with Gasteiger partial charge in [0.05, 0.1) is 0 Å². The minimum absolute atomic E-state index is 0.141. The second-order valence-electron chi connectivity index (χ2n) is 7.60. The number of nitrogens with two attached hydrogens (primary N) is 1. The average molecular weight is 255 g/mol. The SMILES string of the molecule is CC1(C)CCC(C23CC(C(F)F)(C2)C3)=C(CN)C1. The van der Waals surface area contributed by atoms with Crippen LogP contribution in [0.1, 0.15) is 52.4 Å². The molecule has 0 atom stereocenters. The Balaban J connectivity index is 1.80. The van der Waals surface area contributed by atoms with Gasteiger partial charge in [-0.1, -0.05) is 25.0 Å². The largest absolute Gasteiger partial charge is 0.327 e. The van der Waals surface area contributed by atoms with Crippen molar-refractivity contribution in [2.45, 2.75) is 58.8 Å². The number of allylic oxidation sites excluding steroid dienone is 1. The van der Waals surface area contributed by atoms with Crippen molar-refractivity contribution in [3.05, 3.63) is 11.1 Å². The van der Waals surface area contributed by atoms with Crippen LogP contribution >= 0.6 is 0 Å². The summed E-state index contributed by atoms with van der Waals surface area (Å²) in [7, 11) is 0. The first-order valence-electron chi connectivity index (χ1n) is 7.02. The van der Waals surface area contributed by atoms with E-state index in [9.17, 15) is 8.78 Å². The second-order valence-corrected chi connectivity index (χ2v) is 7.60. The van der Waals surface area contributed by atoms with E-state index in [1.54, 1.807) is 0 Å². The Labute approximate surface area is 108 Å². The lowest BCUT2D eigenvalue weighted by Crippen LogP contribution is -2.66. The molecular formula is C15H23F2N. The summed E-state index contributed by atoms with van der Waals surface area (Å²) in [6.45, 7) is 5.17. The topological polar surface area (TPSA) is 26.0 Å². The first-order chi connectivity index (χ1) is 8.33. The van der Waals surface area contributed by atoms with Crippen molar-refractivity contribution in [1.82, 2.24) is 0 Å². The fourth-order valence-electron chi connectivity index (χ4n) is 4.67. The minimum Gasteiger partial charge on any atom is -0.327 e. The van der Waals surface area contributed by atoms with Crippen LogP contribution in [0.2, 0.25) is 0 Å². The highest BCUT2D eigenvalue weighted by Crippen LogP contribution is 2.79. The van der Waals surface area contributed by atoms with Crippen LogP contribution in [0.4, 0.5) is 8.78 Å². The molecule has 0 aliphatic heterocycles. The lowest BCUT2D eigenvalue weighted by molar-refractivity contribution is -0.249. The molecule has 3 fully saturated rings. The smallest absolute Gasteiger partial charge is 0.244 e. The summed E-state index contributed by atoms with van der Waals surface area (Å²) < 4.78 is 25.8. The maximum atomic E-state index is 12.9. The average Bonchev–Trinajstić information content (AvgIpc) is 2.14. The second kappa shape index (κ2) is 3.56. The zero-order valence-electron chi connectivity index (χ0n) is 11.4. The maximum absolute atomic E-state index is 12.9. The van der Waals surface area contributed by atoms with Gasteiger partial charge in [0.15, 0.2) is 0 Å². The van der Waals surface area contributed by atoms with Crippen LogP contribution in [0.15, 0.2) is 11.1 Å². The van der Waals surface area contributed by atoms with Crippen LogP contribution in [-0.4, -0.2) is 13.0 Å². The molecular weight excluding hydrogens is 232 g/mol. The van der Waals surface area contributed by atoms with Gasteiger partial charge in [-0.05, 0) is 49.4 Å². The monoisotopic (exact) mass is 255 g/mol. The fraction of sp³-hybridized carbons (Fsp3) is 0.867. The van der Waals surface area contributed by atoms with Crippen molar-refractivity contribution in [2.75, 3.05) is 6.54 Å². The maximum Gasteiger partial charge on any atom is 0.244 e. The van der Waals surface area contributed by atoms with Crippen molar-refractivity contribution >= 4 is 0 Å². The number of hydrogen-bond acceptors (Lipinski definition) is 1. The van der Waals surface area contributed by atoms with Crippen LogP contribution in [0.5, 0.6) is 0 Å². The van der Waals surface area contributed by atoms with E-state index >= 15 is 0 Å². The summed E-state index contributed by atoms with van der Waals surface area (Å²) in [5, 5.41) is 0. The highest BCUT2D eigenvalue weighted by molar-refractivity contribution is 5.38. The molecule has 2 N–H and O–H groups in total. The van der Waals surface area contributed by atoms with Gasteiger partial charge in [-0.3, -0.25) is 0 Å². The molecule has 4 aliphatic rings. The van der Waals surface area contributed by atoms with E-state index in [4.69, 9.17) is 5.73 Å². The lowest BCUT2D eigenvalue weighted by atomic mass is 9.32. The standard InChI is InChI=1S/C15H23F2N/c1-13(2)4-3-11(10(5-13)6-18)14-7-15(8-14,9-14)12(16)17/h12H,3-9,18H2,1-2H3. The Bertz CT molecular complexity index is 389. The van der Waals surface area contributed by atoms with Gasteiger partial charge in [0, 0.05) is 12.0 Å². The Morgan fingerprint density at radius 3 is 2.33 bits per heavy atom. The van der Waals surface area contributed by atoms with Gasteiger partial charge < -0.3 is 5.73 Å². The van der Waals surface area contributed by atoms with Crippen LogP contribution in [0, 0.1) is 16.2 Å². The van der Waals surface area contributed by atoms with Crippen LogP contribution in [0.3, 0.4) is 0 Å². The quantitative estimate of drug-likeness (QED) is 0.761. The molecule has 2 bridgehead atoms. The predicted octanol–water partition coefficient (Wildman–Crippen LogP) is 3.89. The molecule has 0 radical (unpaired) electrons. The van der Waals surface area contributed by atoms with Gasteiger partial charge in [0.1, 0.15) is 0 Å². The molecule has 18 heavy (non-hydrogen) atoms. The summed E-state index contributed by atoms with van der Waals surface area (Å²) in [6.07, 6.45) is 3.35. The van der Waals surface area contributed by atoms with Gasteiger partial charge in [0.2, 0.25) is 6.43 Å². The third kappa shape index (κ3) is 1.52. The van der Waals surface area contributed by atoms with E-state index in [2.05, 4.69) is 13.8 Å². The summed E-state index contributed by atoms with van der Waals surface area (Å²) in [5.74, 6) is 0. The van der Waals surface area contributed by atoms with Crippen molar-refractivity contribution < 1.29 is 8.78 Å². The molecule has 0 saturated heterocycles.